The van der Waals surface area contributed by atoms with Gasteiger partial charge < -0.3 is 0 Å². The number of rotatable bonds is 9. The minimum Gasteiger partial charge on any atom is -0.0622 e. The molecular weight excluding hydrogens is 865 g/mol. The lowest BCUT2D eigenvalue weighted by Gasteiger charge is -2.21. The third-order valence-electron chi connectivity index (χ3n) is 14.5. The van der Waals surface area contributed by atoms with Crippen LogP contribution in [-0.2, 0) is 0 Å². The number of fused-ring (bicyclic) bond motifs is 5. The molecule has 72 heavy (non-hydrogen) atoms. The SMILES string of the molecule is C(=Cc1cccc2c(-c3ccc(-c4c5ccccc5c(-c5ccc(-c6cccc7c(C=Cc8ccccc8)cccc67)cc5)c5c(-c6ccc7ccccc7c6)cccc45)cc3)cccc12)c1ccccc1. The van der Waals surface area contributed by atoms with Crippen LogP contribution in [0.3, 0.4) is 0 Å². The van der Waals surface area contributed by atoms with Crippen molar-refractivity contribution in [3.8, 4) is 55.6 Å². The molecule has 0 unspecified atom stereocenters. The molecule has 0 aliphatic carbocycles. The highest BCUT2D eigenvalue weighted by molar-refractivity contribution is 6.25. The summed E-state index contributed by atoms with van der Waals surface area (Å²) in [6, 6.07) is 97.8. The van der Waals surface area contributed by atoms with Gasteiger partial charge in [-0.25, -0.2) is 0 Å². The molecule has 0 N–H and O–H groups in total. The summed E-state index contributed by atoms with van der Waals surface area (Å²) >= 11 is 0. The van der Waals surface area contributed by atoms with Crippen molar-refractivity contribution in [1.29, 1.82) is 0 Å². The molecule has 0 amide bonds. The van der Waals surface area contributed by atoms with E-state index < -0.39 is 0 Å². The Hall–Kier alpha value is -9.36. The second-order valence-corrected chi connectivity index (χ2v) is 18.7. The molecule has 0 heteroatoms. The Labute approximate surface area is 420 Å². The summed E-state index contributed by atoms with van der Waals surface area (Å²) in [6.07, 6.45) is 8.87. The van der Waals surface area contributed by atoms with E-state index in [4.69, 9.17) is 0 Å². The monoisotopic (exact) mass is 912 g/mol. The molecule has 0 atom stereocenters. The largest absolute Gasteiger partial charge is 0.0622 e. The molecule has 0 saturated heterocycles. The zero-order valence-corrected chi connectivity index (χ0v) is 39.7. The van der Waals surface area contributed by atoms with Crippen LogP contribution in [0.5, 0.6) is 0 Å². The standard InChI is InChI=1S/C72H48/c1-3-16-49(17-4-1)34-36-52-22-11-31-65-60(52)26-13-28-62(65)54-39-43-56(44-40-54)70-67-24-9-10-25-68(67)71(72-64(30-15-33-69(70)72)59-47-38-51-20-7-8-21-58(51)48-59)57-45-41-55(42-46-57)63-29-14-27-61-53(23-12-32-66(61)63)37-35-50-18-5-2-6-19-50/h1-48H. The van der Waals surface area contributed by atoms with Crippen molar-refractivity contribution < 1.29 is 0 Å². The van der Waals surface area contributed by atoms with E-state index in [2.05, 4.69) is 291 Å². The lowest BCUT2D eigenvalue weighted by molar-refractivity contribution is 1.61. The molecule has 0 fully saturated rings. The van der Waals surface area contributed by atoms with Crippen LogP contribution in [0.4, 0.5) is 0 Å². The third-order valence-corrected chi connectivity index (χ3v) is 14.5. The molecule has 0 spiro atoms. The van der Waals surface area contributed by atoms with Gasteiger partial charge in [0.25, 0.3) is 0 Å². The number of benzene rings is 13. The summed E-state index contributed by atoms with van der Waals surface area (Å²) in [7, 11) is 0. The third kappa shape index (κ3) is 7.86. The van der Waals surface area contributed by atoms with Crippen molar-refractivity contribution in [2.24, 2.45) is 0 Å². The maximum atomic E-state index is 2.36. The maximum absolute atomic E-state index is 2.36. The van der Waals surface area contributed by atoms with Crippen molar-refractivity contribution in [2.75, 3.05) is 0 Å². The summed E-state index contributed by atoms with van der Waals surface area (Å²) < 4.78 is 0. The fourth-order valence-corrected chi connectivity index (χ4v) is 11.0. The van der Waals surface area contributed by atoms with Gasteiger partial charge in [0, 0.05) is 0 Å². The lowest BCUT2D eigenvalue weighted by Crippen LogP contribution is -1.94. The molecule has 0 heterocycles. The molecule has 0 nitrogen and oxygen atoms in total. The smallest absolute Gasteiger partial charge is 0.00141 e. The average Bonchev–Trinajstić information content (AvgIpc) is 3.45. The fraction of sp³-hybridized carbons (Fsp3) is 0. The maximum Gasteiger partial charge on any atom is -0.00141 e. The summed E-state index contributed by atoms with van der Waals surface area (Å²) in [5.74, 6) is 0. The van der Waals surface area contributed by atoms with E-state index in [1.54, 1.807) is 0 Å². The zero-order chi connectivity index (χ0) is 47.8. The van der Waals surface area contributed by atoms with Crippen LogP contribution in [0.2, 0.25) is 0 Å². The Morgan fingerprint density at radius 1 is 0.208 bits per heavy atom. The van der Waals surface area contributed by atoms with Gasteiger partial charge in [0.05, 0.1) is 0 Å². The quantitative estimate of drug-likeness (QED) is 0.1000. The zero-order valence-electron chi connectivity index (χ0n) is 39.7. The predicted molar refractivity (Wildman–Crippen MR) is 312 cm³/mol. The molecule has 0 radical (unpaired) electrons. The summed E-state index contributed by atoms with van der Waals surface area (Å²) in [4.78, 5) is 0. The second-order valence-electron chi connectivity index (χ2n) is 18.7. The van der Waals surface area contributed by atoms with Crippen LogP contribution in [0.25, 0.3) is 134 Å². The molecule has 336 valence electrons. The van der Waals surface area contributed by atoms with Gasteiger partial charge in [0.15, 0.2) is 0 Å². The number of hydrogen-bond donors (Lipinski definition) is 0. The van der Waals surface area contributed by atoms with Gasteiger partial charge in [-0.1, -0.05) is 285 Å². The highest BCUT2D eigenvalue weighted by Crippen LogP contribution is 2.48. The van der Waals surface area contributed by atoms with Gasteiger partial charge in [-0.3, -0.25) is 0 Å². The van der Waals surface area contributed by atoms with Crippen LogP contribution in [0.1, 0.15) is 22.3 Å². The van der Waals surface area contributed by atoms with Crippen molar-refractivity contribution in [3.63, 3.8) is 0 Å². The molecule has 0 bridgehead atoms. The van der Waals surface area contributed by atoms with Crippen LogP contribution >= 0.6 is 0 Å². The molecular formula is C72H48. The highest BCUT2D eigenvalue weighted by Gasteiger charge is 2.21. The first-order valence-electron chi connectivity index (χ1n) is 24.9. The first-order valence-corrected chi connectivity index (χ1v) is 24.9. The van der Waals surface area contributed by atoms with E-state index in [0.717, 1.165) is 0 Å². The first kappa shape index (κ1) is 42.7. The summed E-state index contributed by atoms with van der Waals surface area (Å²) in [6.45, 7) is 0. The Kier molecular flexibility index (Phi) is 11.0. The minimum absolute atomic E-state index is 1.19. The van der Waals surface area contributed by atoms with E-state index in [9.17, 15) is 0 Å². The Bertz CT molecular complexity index is 4210. The molecule has 0 aromatic heterocycles. The normalized spacial score (nSPS) is 11.8. The van der Waals surface area contributed by atoms with Crippen molar-refractivity contribution >= 4 is 78.2 Å². The number of hydrogen-bond acceptors (Lipinski definition) is 0. The van der Waals surface area contributed by atoms with E-state index >= 15 is 0 Å². The highest BCUT2D eigenvalue weighted by atomic mass is 14.2. The van der Waals surface area contributed by atoms with E-state index in [-0.39, 0.29) is 0 Å². The molecule has 13 aromatic rings. The Morgan fingerprint density at radius 3 is 1.18 bits per heavy atom. The van der Waals surface area contributed by atoms with Gasteiger partial charge in [0.1, 0.15) is 0 Å². The second kappa shape index (κ2) is 18.5. The molecule has 0 saturated carbocycles. The van der Waals surface area contributed by atoms with Crippen molar-refractivity contribution in [2.45, 2.75) is 0 Å². The van der Waals surface area contributed by atoms with E-state index in [1.807, 2.05) is 0 Å². The minimum atomic E-state index is 1.19. The molecule has 13 rings (SSSR count). The lowest BCUT2D eigenvalue weighted by atomic mass is 9.82. The van der Waals surface area contributed by atoms with Gasteiger partial charge in [-0.05, 0) is 138 Å². The van der Waals surface area contributed by atoms with Gasteiger partial charge in [0.2, 0.25) is 0 Å². The van der Waals surface area contributed by atoms with Gasteiger partial charge in [-0.15, -0.1) is 0 Å². The van der Waals surface area contributed by atoms with Crippen LogP contribution in [0.15, 0.2) is 267 Å². The Morgan fingerprint density at radius 2 is 0.611 bits per heavy atom. The molecule has 13 aromatic carbocycles. The van der Waals surface area contributed by atoms with Crippen molar-refractivity contribution in [1.82, 2.24) is 0 Å². The average molecular weight is 913 g/mol. The Balaban J connectivity index is 0.953. The fourth-order valence-electron chi connectivity index (χ4n) is 11.0. The topological polar surface area (TPSA) is 0 Å². The van der Waals surface area contributed by atoms with E-state index in [1.165, 1.54) is 132 Å². The first-order chi connectivity index (χ1) is 35.7. The summed E-state index contributed by atoms with van der Waals surface area (Å²) in [5, 5.41) is 12.4. The van der Waals surface area contributed by atoms with Gasteiger partial charge >= 0.3 is 0 Å². The van der Waals surface area contributed by atoms with Crippen LogP contribution in [-0.4, -0.2) is 0 Å². The van der Waals surface area contributed by atoms with E-state index in [0.29, 0.717) is 0 Å². The summed E-state index contributed by atoms with van der Waals surface area (Å²) in [5.41, 5.74) is 16.9. The van der Waals surface area contributed by atoms with Gasteiger partial charge in [-0.2, -0.15) is 0 Å². The van der Waals surface area contributed by atoms with Crippen molar-refractivity contribution in [3.05, 3.63) is 289 Å². The molecule has 0 aliphatic heterocycles. The predicted octanol–water partition coefficient (Wildman–Crippen LogP) is 20.1. The van der Waals surface area contributed by atoms with Crippen LogP contribution < -0.4 is 0 Å². The molecule has 0 aliphatic rings. The van der Waals surface area contributed by atoms with Crippen LogP contribution in [0, 0.1) is 0 Å².